The van der Waals surface area contributed by atoms with Crippen LogP contribution in [0.15, 0.2) is 48.5 Å². The summed E-state index contributed by atoms with van der Waals surface area (Å²) in [5.41, 5.74) is 0.782. The van der Waals surface area contributed by atoms with Gasteiger partial charge < -0.3 is 5.32 Å². The summed E-state index contributed by atoms with van der Waals surface area (Å²) in [4.78, 5) is 11.7. The van der Waals surface area contributed by atoms with E-state index in [9.17, 15) is 9.18 Å². The summed E-state index contributed by atoms with van der Waals surface area (Å²) in [6.07, 6.45) is 2.64. The van der Waals surface area contributed by atoms with Gasteiger partial charge in [-0.2, -0.15) is 0 Å². The summed E-state index contributed by atoms with van der Waals surface area (Å²) in [5.74, 6) is -0.793. The number of amides is 1. The maximum atomic E-state index is 13.4. The third kappa shape index (κ3) is 3.83. The van der Waals surface area contributed by atoms with Gasteiger partial charge in [-0.25, -0.2) is 4.39 Å². The van der Waals surface area contributed by atoms with Gasteiger partial charge in [0.2, 0.25) is 5.91 Å². The predicted molar refractivity (Wildman–Crippen MR) is 80.5 cm³/mol. The number of anilines is 1. The Morgan fingerprint density at radius 2 is 1.90 bits per heavy atom. The number of rotatable bonds is 3. The molecule has 0 saturated carbocycles. The molecule has 0 unspecified atom stereocenters. The summed E-state index contributed by atoms with van der Waals surface area (Å²) < 4.78 is 13.4. The molecule has 0 aromatic heterocycles. The van der Waals surface area contributed by atoms with Gasteiger partial charge in [-0.1, -0.05) is 41.4 Å². The molecule has 2 rings (SSSR count). The molecule has 1 N–H and O–H groups in total. The van der Waals surface area contributed by atoms with Gasteiger partial charge in [-0.05, 0) is 30.3 Å². The van der Waals surface area contributed by atoms with Gasteiger partial charge in [0.05, 0.1) is 10.7 Å². The molecule has 0 aliphatic carbocycles. The third-order valence-electron chi connectivity index (χ3n) is 2.51. The van der Waals surface area contributed by atoms with Crippen molar-refractivity contribution in [2.45, 2.75) is 0 Å². The molecule has 20 heavy (non-hydrogen) atoms. The summed E-state index contributed by atoms with van der Waals surface area (Å²) in [7, 11) is 0. The van der Waals surface area contributed by atoms with E-state index in [-0.39, 0.29) is 5.82 Å². The van der Waals surface area contributed by atoms with Crippen LogP contribution in [0.1, 0.15) is 5.56 Å². The molecule has 1 amide bonds. The normalized spacial score (nSPS) is 10.8. The molecule has 0 saturated heterocycles. The molecule has 102 valence electrons. The van der Waals surface area contributed by atoms with Crippen LogP contribution in [-0.2, 0) is 4.79 Å². The number of hydrogen-bond acceptors (Lipinski definition) is 1. The molecule has 0 spiro atoms. The average molecular weight is 310 g/mol. The molecule has 2 aromatic rings. The largest absolute Gasteiger partial charge is 0.321 e. The zero-order chi connectivity index (χ0) is 14.5. The minimum absolute atomic E-state index is 0.338. The van der Waals surface area contributed by atoms with Crippen LogP contribution in [0.2, 0.25) is 10.0 Å². The quantitative estimate of drug-likeness (QED) is 0.812. The Morgan fingerprint density at radius 3 is 2.60 bits per heavy atom. The number of carbonyl (C=O) groups excluding carboxylic acids is 1. The van der Waals surface area contributed by atoms with Crippen molar-refractivity contribution in [3.05, 3.63) is 70.0 Å². The Labute approximate surface area is 125 Å². The topological polar surface area (TPSA) is 29.1 Å². The lowest BCUT2D eigenvalue weighted by molar-refractivity contribution is -0.111. The second-order valence-electron chi connectivity index (χ2n) is 3.97. The van der Waals surface area contributed by atoms with Crippen molar-refractivity contribution in [1.29, 1.82) is 0 Å². The molecular formula is C15H10Cl2FNO. The highest BCUT2D eigenvalue weighted by Gasteiger charge is 2.04. The van der Waals surface area contributed by atoms with Crippen molar-refractivity contribution in [1.82, 2.24) is 0 Å². The van der Waals surface area contributed by atoms with E-state index in [1.807, 2.05) is 0 Å². The van der Waals surface area contributed by atoms with Crippen LogP contribution in [0.3, 0.4) is 0 Å². The Balaban J connectivity index is 2.08. The molecule has 2 aromatic carbocycles. The van der Waals surface area contributed by atoms with Crippen LogP contribution in [-0.4, -0.2) is 5.91 Å². The number of halogens is 3. The lowest BCUT2D eigenvalue weighted by Crippen LogP contribution is -2.08. The van der Waals surface area contributed by atoms with Crippen LogP contribution in [0.4, 0.5) is 10.1 Å². The van der Waals surface area contributed by atoms with E-state index in [1.54, 1.807) is 30.3 Å². The van der Waals surface area contributed by atoms with Crippen molar-refractivity contribution < 1.29 is 9.18 Å². The van der Waals surface area contributed by atoms with Gasteiger partial charge in [-0.15, -0.1) is 0 Å². The first-order valence-electron chi connectivity index (χ1n) is 5.75. The molecule has 2 nitrogen and oxygen atoms in total. The fourth-order valence-corrected chi connectivity index (χ4v) is 2.00. The first kappa shape index (κ1) is 14.6. The van der Waals surface area contributed by atoms with Gasteiger partial charge >= 0.3 is 0 Å². The van der Waals surface area contributed by atoms with Gasteiger partial charge in [0.25, 0.3) is 0 Å². The maximum absolute atomic E-state index is 13.4. The van der Waals surface area contributed by atoms with Crippen molar-refractivity contribution in [2.75, 3.05) is 5.32 Å². The first-order valence-corrected chi connectivity index (χ1v) is 6.50. The number of hydrogen-bond donors (Lipinski definition) is 1. The van der Waals surface area contributed by atoms with E-state index < -0.39 is 5.91 Å². The molecule has 5 heteroatoms. The molecule has 0 heterocycles. The highest BCUT2D eigenvalue weighted by molar-refractivity contribution is 6.36. The molecular weight excluding hydrogens is 300 g/mol. The second kappa shape index (κ2) is 6.55. The highest BCUT2D eigenvalue weighted by Crippen LogP contribution is 2.25. The monoisotopic (exact) mass is 309 g/mol. The van der Waals surface area contributed by atoms with Crippen LogP contribution < -0.4 is 5.32 Å². The fraction of sp³-hybridized carbons (Fsp3) is 0. The number of benzene rings is 2. The van der Waals surface area contributed by atoms with Gasteiger partial charge in [0.15, 0.2) is 0 Å². The van der Waals surface area contributed by atoms with E-state index in [1.165, 1.54) is 24.3 Å². The average Bonchev–Trinajstić information content (AvgIpc) is 2.41. The SMILES string of the molecule is O=C(/C=C/c1ccccc1F)Nc1ccc(Cl)cc1Cl. The summed E-state index contributed by atoms with van der Waals surface area (Å²) in [5, 5.41) is 3.41. The van der Waals surface area contributed by atoms with E-state index in [2.05, 4.69) is 5.32 Å². The molecule has 0 radical (unpaired) electrons. The number of carbonyl (C=O) groups is 1. The van der Waals surface area contributed by atoms with Crippen LogP contribution >= 0.6 is 23.2 Å². The Morgan fingerprint density at radius 1 is 1.15 bits per heavy atom. The fourth-order valence-electron chi connectivity index (χ4n) is 1.54. The zero-order valence-corrected chi connectivity index (χ0v) is 11.8. The summed E-state index contributed by atoms with van der Waals surface area (Å²) in [6, 6.07) is 10.9. The molecule has 0 atom stereocenters. The van der Waals surface area contributed by atoms with E-state index >= 15 is 0 Å². The predicted octanol–water partition coefficient (Wildman–Crippen LogP) is 4.78. The van der Waals surface area contributed by atoms with E-state index in [4.69, 9.17) is 23.2 Å². The maximum Gasteiger partial charge on any atom is 0.248 e. The van der Waals surface area contributed by atoms with Crippen LogP contribution in [0.5, 0.6) is 0 Å². The van der Waals surface area contributed by atoms with E-state index in [0.29, 0.717) is 21.3 Å². The smallest absolute Gasteiger partial charge is 0.248 e. The minimum Gasteiger partial charge on any atom is -0.321 e. The highest BCUT2D eigenvalue weighted by atomic mass is 35.5. The van der Waals surface area contributed by atoms with Gasteiger partial charge in [-0.3, -0.25) is 4.79 Å². The van der Waals surface area contributed by atoms with Gasteiger partial charge in [0, 0.05) is 16.7 Å². The molecule has 0 fully saturated rings. The van der Waals surface area contributed by atoms with E-state index in [0.717, 1.165) is 0 Å². The van der Waals surface area contributed by atoms with Crippen LogP contribution in [0.25, 0.3) is 6.08 Å². The van der Waals surface area contributed by atoms with Crippen molar-refractivity contribution in [3.63, 3.8) is 0 Å². The summed E-state index contributed by atoms with van der Waals surface area (Å²) in [6.45, 7) is 0. The summed E-state index contributed by atoms with van der Waals surface area (Å²) >= 11 is 11.7. The molecule has 0 bridgehead atoms. The Hall–Kier alpha value is -1.84. The minimum atomic E-state index is -0.405. The standard InChI is InChI=1S/C15H10Cl2FNO/c16-11-6-7-14(12(17)9-11)19-15(20)8-5-10-3-1-2-4-13(10)18/h1-9H,(H,19,20)/b8-5+. The van der Waals surface area contributed by atoms with Crippen molar-refractivity contribution in [2.24, 2.45) is 0 Å². The molecule has 0 aliphatic heterocycles. The lowest BCUT2D eigenvalue weighted by atomic mass is 10.2. The first-order chi connectivity index (χ1) is 9.56. The second-order valence-corrected chi connectivity index (χ2v) is 4.81. The molecule has 0 aliphatic rings. The Bertz CT molecular complexity index is 671. The van der Waals surface area contributed by atoms with Crippen molar-refractivity contribution >= 4 is 40.9 Å². The van der Waals surface area contributed by atoms with Gasteiger partial charge in [0.1, 0.15) is 5.82 Å². The lowest BCUT2D eigenvalue weighted by Gasteiger charge is -2.04. The Kier molecular flexibility index (Phi) is 4.77. The van der Waals surface area contributed by atoms with Crippen LogP contribution in [0, 0.1) is 5.82 Å². The third-order valence-corrected chi connectivity index (χ3v) is 3.06. The zero-order valence-electron chi connectivity index (χ0n) is 10.2. The van der Waals surface area contributed by atoms with Crippen molar-refractivity contribution in [3.8, 4) is 0 Å². The number of nitrogens with one attached hydrogen (secondary N) is 1.